The number of aromatic hydroxyl groups is 1. The molecule has 0 saturated carbocycles. The van der Waals surface area contributed by atoms with E-state index in [9.17, 15) is 5.11 Å². The van der Waals surface area contributed by atoms with Gasteiger partial charge in [0.1, 0.15) is 0 Å². The Labute approximate surface area is 159 Å². The van der Waals surface area contributed by atoms with Gasteiger partial charge in [-0.05, 0) is 18.2 Å². The van der Waals surface area contributed by atoms with Crippen molar-refractivity contribution >= 4 is 28.1 Å². The van der Waals surface area contributed by atoms with Crippen LogP contribution in [0.3, 0.4) is 0 Å². The summed E-state index contributed by atoms with van der Waals surface area (Å²) in [4.78, 5) is 9.17. The van der Waals surface area contributed by atoms with Gasteiger partial charge in [0.25, 0.3) is 0 Å². The first-order chi connectivity index (χ1) is 13.7. The Hall–Kier alpha value is -4.07. The molecule has 0 aliphatic carbocycles. The lowest BCUT2D eigenvalue weighted by Crippen LogP contribution is -2.00. The third-order valence-corrected chi connectivity index (χ3v) is 4.55. The van der Waals surface area contributed by atoms with E-state index < -0.39 is 0 Å². The van der Waals surface area contributed by atoms with Gasteiger partial charge < -0.3 is 19.6 Å². The van der Waals surface area contributed by atoms with Crippen LogP contribution >= 0.6 is 0 Å². The van der Waals surface area contributed by atoms with Crippen molar-refractivity contribution in [2.45, 2.75) is 0 Å². The number of methoxy groups -OCH3 is 1. The second-order valence-corrected chi connectivity index (χ2v) is 6.32. The summed E-state index contributed by atoms with van der Waals surface area (Å²) in [7, 11) is 1.51. The molecule has 8 nitrogen and oxygen atoms in total. The molecule has 0 amide bonds. The van der Waals surface area contributed by atoms with Gasteiger partial charge in [-0.15, -0.1) is 0 Å². The number of aromatic nitrogens is 5. The quantitative estimate of drug-likeness (QED) is 0.416. The number of rotatable bonds is 4. The zero-order valence-corrected chi connectivity index (χ0v) is 14.9. The van der Waals surface area contributed by atoms with Crippen LogP contribution in [0.5, 0.6) is 11.5 Å². The van der Waals surface area contributed by atoms with Gasteiger partial charge in [0, 0.05) is 41.3 Å². The van der Waals surface area contributed by atoms with Gasteiger partial charge in [-0.3, -0.25) is 5.10 Å². The summed E-state index contributed by atoms with van der Waals surface area (Å²) in [5.74, 6) is 1.05. The molecule has 0 unspecified atom stereocenters. The third kappa shape index (κ3) is 2.67. The fraction of sp³-hybridized carbons (Fsp3) is 0.0500. The number of aromatic amines is 1. The van der Waals surface area contributed by atoms with Crippen LogP contribution in [0.25, 0.3) is 27.8 Å². The predicted octanol–water partition coefficient (Wildman–Crippen LogP) is 3.73. The summed E-state index contributed by atoms with van der Waals surface area (Å²) in [5.41, 5.74) is 4.11. The van der Waals surface area contributed by atoms with Gasteiger partial charge in [-0.1, -0.05) is 12.1 Å². The van der Waals surface area contributed by atoms with Gasteiger partial charge in [-0.2, -0.15) is 5.10 Å². The Morgan fingerprint density at radius 2 is 2.11 bits per heavy atom. The second-order valence-electron chi connectivity index (χ2n) is 6.32. The van der Waals surface area contributed by atoms with Crippen molar-refractivity contribution in [1.82, 2.24) is 24.6 Å². The van der Waals surface area contributed by atoms with Gasteiger partial charge >= 0.3 is 0 Å². The largest absolute Gasteiger partial charge is 0.504 e. The van der Waals surface area contributed by atoms with Crippen LogP contribution in [0.4, 0.5) is 11.5 Å². The molecule has 0 radical (unpaired) electrons. The zero-order chi connectivity index (χ0) is 19.1. The first-order valence-electron chi connectivity index (χ1n) is 8.62. The van der Waals surface area contributed by atoms with Gasteiger partial charge in [0.05, 0.1) is 24.5 Å². The number of phenolic OH excluding ortho intramolecular Hbond substituents is 1. The average Bonchev–Trinajstić information content (AvgIpc) is 3.37. The Bertz CT molecular complexity index is 1310. The van der Waals surface area contributed by atoms with Gasteiger partial charge in [-0.25, -0.2) is 9.97 Å². The molecule has 3 heterocycles. The lowest BCUT2D eigenvalue weighted by atomic mass is 10.1. The molecule has 5 aromatic rings. The monoisotopic (exact) mass is 372 g/mol. The van der Waals surface area contributed by atoms with E-state index in [0.717, 1.165) is 27.8 Å². The number of fused-ring (bicyclic) bond motifs is 2. The van der Waals surface area contributed by atoms with Crippen LogP contribution in [0, 0.1) is 0 Å². The molecule has 0 aliphatic heterocycles. The number of hydrogen-bond acceptors (Lipinski definition) is 6. The topological polar surface area (TPSA) is 100 Å². The van der Waals surface area contributed by atoms with E-state index in [0.29, 0.717) is 17.2 Å². The molecule has 138 valence electrons. The maximum Gasteiger partial charge on any atom is 0.180 e. The first kappa shape index (κ1) is 16.1. The number of nitrogens with one attached hydrogen (secondary N) is 2. The van der Waals surface area contributed by atoms with Crippen LogP contribution in [-0.4, -0.2) is 36.8 Å². The number of nitrogens with zero attached hydrogens (tertiary/aromatic N) is 4. The number of benzene rings is 2. The normalized spacial score (nSPS) is 11.2. The van der Waals surface area contributed by atoms with Crippen molar-refractivity contribution in [3.8, 4) is 22.8 Å². The summed E-state index contributed by atoms with van der Waals surface area (Å²) in [6, 6.07) is 11.1. The van der Waals surface area contributed by atoms with Crippen molar-refractivity contribution in [3.63, 3.8) is 0 Å². The van der Waals surface area contributed by atoms with Crippen LogP contribution < -0.4 is 10.1 Å². The SMILES string of the molecule is COc1cc(Nc2nc(-c3ccc4cn[nH]c4c3)cn3ccnc23)ccc1O. The molecule has 2 aromatic carbocycles. The van der Waals surface area contributed by atoms with Crippen LogP contribution in [0.15, 0.2) is 61.2 Å². The molecule has 0 bridgehead atoms. The number of phenols is 1. The fourth-order valence-corrected chi connectivity index (χ4v) is 3.14. The molecule has 3 aromatic heterocycles. The highest BCUT2D eigenvalue weighted by atomic mass is 16.5. The molecule has 0 atom stereocenters. The van der Waals surface area contributed by atoms with Gasteiger partial charge in [0.2, 0.25) is 0 Å². The molecule has 28 heavy (non-hydrogen) atoms. The van der Waals surface area contributed by atoms with Gasteiger partial charge in [0.15, 0.2) is 23.0 Å². The highest BCUT2D eigenvalue weighted by Crippen LogP contribution is 2.31. The molecule has 5 rings (SSSR count). The Balaban J connectivity index is 1.61. The van der Waals surface area contributed by atoms with E-state index in [1.54, 1.807) is 30.6 Å². The Morgan fingerprint density at radius 1 is 1.18 bits per heavy atom. The zero-order valence-electron chi connectivity index (χ0n) is 14.9. The van der Waals surface area contributed by atoms with Crippen LogP contribution in [0.1, 0.15) is 0 Å². The van der Waals surface area contributed by atoms with E-state index in [4.69, 9.17) is 9.72 Å². The van der Waals surface area contributed by atoms with Crippen LogP contribution in [-0.2, 0) is 0 Å². The van der Waals surface area contributed by atoms with E-state index in [2.05, 4.69) is 20.5 Å². The standard InChI is InChI=1S/C20H16N6O2/c1-28-18-9-14(4-5-17(18)27)23-19-20-21-6-7-26(20)11-16(24-19)12-2-3-13-10-22-25-15(13)8-12/h2-11,27H,1H3,(H,22,25)(H,23,24). The minimum Gasteiger partial charge on any atom is -0.504 e. The second kappa shape index (κ2) is 6.27. The average molecular weight is 372 g/mol. The summed E-state index contributed by atoms with van der Waals surface area (Å²) in [6.45, 7) is 0. The summed E-state index contributed by atoms with van der Waals surface area (Å²) >= 11 is 0. The van der Waals surface area contributed by atoms with E-state index in [-0.39, 0.29) is 5.75 Å². The number of H-pyrrole nitrogens is 1. The maximum atomic E-state index is 9.81. The molecular weight excluding hydrogens is 356 g/mol. The van der Waals surface area contributed by atoms with E-state index >= 15 is 0 Å². The lowest BCUT2D eigenvalue weighted by molar-refractivity contribution is 0.374. The third-order valence-electron chi connectivity index (χ3n) is 4.55. The molecule has 0 fully saturated rings. The number of hydrogen-bond donors (Lipinski definition) is 3. The number of imidazole rings is 1. The van der Waals surface area contributed by atoms with Crippen molar-refractivity contribution in [2.24, 2.45) is 0 Å². The fourth-order valence-electron chi connectivity index (χ4n) is 3.14. The summed E-state index contributed by atoms with van der Waals surface area (Å²) in [5, 5.41) is 21.2. The smallest absolute Gasteiger partial charge is 0.180 e. The van der Waals surface area contributed by atoms with Crippen LogP contribution in [0.2, 0.25) is 0 Å². The minimum absolute atomic E-state index is 0.0774. The summed E-state index contributed by atoms with van der Waals surface area (Å²) < 4.78 is 7.10. The molecule has 0 saturated heterocycles. The van der Waals surface area contributed by atoms with Crippen molar-refractivity contribution < 1.29 is 9.84 Å². The maximum absolute atomic E-state index is 9.81. The minimum atomic E-state index is 0.0774. The molecule has 0 aliphatic rings. The Kier molecular flexibility index (Phi) is 3.61. The predicted molar refractivity (Wildman–Crippen MR) is 106 cm³/mol. The lowest BCUT2D eigenvalue weighted by Gasteiger charge is -2.11. The molecule has 8 heteroatoms. The summed E-state index contributed by atoms with van der Waals surface area (Å²) in [6.07, 6.45) is 7.32. The number of anilines is 2. The number of ether oxygens (including phenoxy) is 1. The molecular formula is C20H16N6O2. The van der Waals surface area contributed by atoms with Crippen molar-refractivity contribution in [2.75, 3.05) is 12.4 Å². The Morgan fingerprint density at radius 3 is 3.00 bits per heavy atom. The van der Waals surface area contributed by atoms with E-state index in [1.165, 1.54) is 7.11 Å². The highest BCUT2D eigenvalue weighted by Gasteiger charge is 2.11. The molecule has 3 N–H and O–H groups in total. The highest BCUT2D eigenvalue weighted by molar-refractivity contribution is 5.84. The van der Waals surface area contributed by atoms with Crippen molar-refractivity contribution in [3.05, 3.63) is 61.2 Å². The van der Waals surface area contributed by atoms with Crippen molar-refractivity contribution in [1.29, 1.82) is 0 Å². The van der Waals surface area contributed by atoms with E-state index in [1.807, 2.05) is 35.0 Å². The first-order valence-corrected chi connectivity index (χ1v) is 8.62. The molecule has 0 spiro atoms.